The molecular weight excluding hydrogens is 158 g/mol. The van der Waals surface area contributed by atoms with Gasteiger partial charge >= 0.3 is 0 Å². The Kier molecular flexibility index (Phi) is 5.13. The molecule has 2 nitrogen and oxygen atoms in total. The second kappa shape index (κ2) is 5.01. The second-order valence-electron chi connectivity index (χ2n) is 3.72. The highest BCUT2D eigenvalue weighted by molar-refractivity contribution is 7.99. The van der Waals surface area contributed by atoms with Crippen molar-refractivity contribution in [2.24, 2.45) is 11.7 Å². The number of aliphatic hydroxyl groups excluding tert-OH is 1. The van der Waals surface area contributed by atoms with Crippen LogP contribution in [-0.2, 0) is 0 Å². The van der Waals surface area contributed by atoms with Crippen LogP contribution >= 0.6 is 11.8 Å². The third-order valence-corrected chi connectivity index (χ3v) is 3.01. The van der Waals surface area contributed by atoms with Crippen molar-refractivity contribution >= 4 is 11.8 Å². The van der Waals surface area contributed by atoms with E-state index in [9.17, 15) is 0 Å². The average molecular weight is 177 g/mol. The maximum Gasteiger partial charge on any atom is 0.0616 e. The van der Waals surface area contributed by atoms with Crippen molar-refractivity contribution in [3.63, 3.8) is 0 Å². The summed E-state index contributed by atoms with van der Waals surface area (Å²) >= 11 is 1.81. The van der Waals surface area contributed by atoms with E-state index < -0.39 is 5.54 Å². The van der Waals surface area contributed by atoms with Crippen molar-refractivity contribution in [1.82, 2.24) is 0 Å². The van der Waals surface area contributed by atoms with Crippen LogP contribution in [0.15, 0.2) is 0 Å². The van der Waals surface area contributed by atoms with E-state index in [0.717, 1.165) is 11.5 Å². The molecular formula is C8H19NOS. The lowest BCUT2D eigenvalue weighted by Crippen LogP contribution is -2.42. The average Bonchev–Trinajstić information content (AvgIpc) is 1.87. The molecule has 0 saturated heterocycles. The summed E-state index contributed by atoms with van der Waals surface area (Å²) in [5.41, 5.74) is 5.33. The van der Waals surface area contributed by atoms with E-state index in [0.29, 0.717) is 5.92 Å². The summed E-state index contributed by atoms with van der Waals surface area (Å²) in [5, 5.41) is 8.82. The zero-order valence-electron chi connectivity index (χ0n) is 7.63. The van der Waals surface area contributed by atoms with E-state index in [4.69, 9.17) is 10.8 Å². The number of nitrogens with two attached hydrogens (primary N) is 1. The molecule has 0 aliphatic carbocycles. The summed E-state index contributed by atoms with van der Waals surface area (Å²) in [5.74, 6) is 2.66. The molecule has 0 aromatic heterocycles. The van der Waals surface area contributed by atoms with Gasteiger partial charge in [0.25, 0.3) is 0 Å². The normalized spacial score (nSPS) is 16.9. The molecule has 0 amide bonds. The molecule has 0 aromatic carbocycles. The van der Waals surface area contributed by atoms with Crippen molar-refractivity contribution in [3.8, 4) is 0 Å². The molecule has 11 heavy (non-hydrogen) atoms. The molecule has 0 aromatic rings. The Bertz CT molecular complexity index is 104. The minimum atomic E-state index is -0.403. The first-order valence-electron chi connectivity index (χ1n) is 3.95. The molecule has 0 radical (unpaired) electrons. The van der Waals surface area contributed by atoms with Gasteiger partial charge in [-0.3, -0.25) is 0 Å². The van der Waals surface area contributed by atoms with Crippen LogP contribution in [0.4, 0.5) is 0 Å². The van der Waals surface area contributed by atoms with Gasteiger partial charge in [-0.05, 0) is 18.6 Å². The van der Waals surface area contributed by atoms with Crippen LogP contribution < -0.4 is 5.73 Å². The Labute approximate surface area is 73.6 Å². The maximum atomic E-state index is 8.82. The summed E-state index contributed by atoms with van der Waals surface area (Å²) < 4.78 is 0. The second-order valence-corrected chi connectivity index (χ2v) is 4.75. The van der Waals surface area contributed by atoms with Gasteiger partial charge in [0.05, 0.1) is 6.61 Å². The summed E-state index contributed by atoms with van der Waals surface area (Å²) in [6.45, 7) is 6.30. The van der Waals surface area contributed by atoms with E-state index in [1.165, 1.54) is 0 Å². The lowest BCUT2D eigenvalue weighted by atomic mass is 10.1. The first-order chi connectivity index (χ1) is 4.98. The number of hydrogen-bond acceptors (Lipinski definition) is 3. The molecule has 0 saturated carbocycles. The molecule has 3 N–H and O–H groups in total. The predicted molar refractivity (Wildman–Crippen MR) is 51.8 cm³/mol. The van der Waals surface area contributed by atoms with Gasteiger partial charge in [-0.25, -0.2) is 0 Å². The molecule has 1 atom stereocenters. The van der Waals surface area contributed by atoms with E-state index >= 15 is 0 Å². The van der Waals surface area contributed by atoms with Crippen LogP contribution in [0.25, 0.3) is 0 Å². The molecule has 0 heterocycles. The molecule has 0 fully saturated rings. The van der Waals surface area contributed by atoms with Crippen molar-refractivity contribution in [3.05, 3.63) is 0 Å². The first kappa shape index (κ1) is 11.3. The van der Waals surface area contributed by atoms with Crippen LogP contribution in [0.5, 0.6) is 0 Å². The molecule has 0 bridgehead atoms. The van der Waals surface area contributed by atoms with Gasteiger partial charge in [0.15, 0.2) is 0 Å². The SMILES string of the molecule is CC(C)CSCC(C)(N)CO. The van der Waals surface area contributed by atoms with Gasteiger partial charge in [-0.2, -0.15) is 11.8 Å². The van der Waals surface area contributed by atoms with Crippen molar-refractivity contribution < 1.29 is 5.11 Å². The minimum absolute atomic E-state index is 0.0676. The topological polar surface area (TPSA) is 46.2 Å². The Morgan fingerprint density at radius 2 is 2.09 bits per heavy atom. The lowest BCUT2D eigenvalue weighted by molar-refractivity contribution is 0.224. The van der Waals surface area contributed by atoms with Gasteiger partial charge in [0.1, 0.15) is 0 Å². The third-order valence-electron chi connectivity index (χ3n) is 1.24. The summed E-state index contributed by atoms with van der Waals surface area (Å²) in [6.07, 6.45) is 0. The van der Waals surface area contributed by atoms with E-state index in [1.807, 2.05) is 18.7 Å². The summed E-state index contributed by atoms with van der Waals surface area (Å²) in [6, 6.07) is 0. The molecule has 0 rings (SSSR count). The fourth-order valence-corrected chi connectivity index (χ4v) is 1.72. The molecule has 1 unspecified atom stereocenters. The fraction of sp³-hybridized carbons (Fsp3) is 1.00. The Balaban J connectivity index is 3.38. The lowest BCUT2D eigenvalue weighted by Gasteiger charge is -2.21. The van der Waals surface area contributed by atoms with Crippen molar-refractivity contribution in [1.29, 1.82) is 0 Å². The zero-order valence-corrected chi connectivity index (χ0v) is 8.45. The summed E-state index contributed by atoms with van der Waals surface area (Å²) in [4.78, 5) is 0. The third kappa shape index (κ3) is 6.66. The number of hydrogen-bond donors (Lipinski definition) is 2. The van der Waals surface area contributed by atoms with Gasteiger partial charge in [-0.1, -0.05) is 13.8 Å². The summed E-state index contributed by atoms with van der Waals surface area (Å²) in [7, 11) is 0. The first-order valence-corrected chi connectivity index (χ1v) is 5.11. The van der Waals surface area contributed by atoms with Crippen molar-refractivity contribution in [2.45, 2.75) is 26.3 Å². The maximum absolute atomic E-state index is 8.82. The van der Waals surface area contributed by atoms with Crippen LogP contribution in [0.1, 0.15) is 20.8 Å². The Hall–Kier alpha value is 0.270. The molecule has 0 spiro atoms. The standard InChI is InChI=1S/C8H19NOS/c1-7(2)4-11-6-8(3,9)5-10/h7,10H,4-6,9H2,1-3H3. The highest BCUT2D eigenvalue weighted by Crippen LogP contribution is 2.13. The largest absolute Gasteiger partial charge is 0.394 e. The van der Waals surface area contributed by atoms with Crippen LogP contribution in [0.2, 0.25) is 0 Å². The monoisotopic (exact) mass is 177 g/mol. The quantitative estimate of drug-likeness (QED) is 0.660. The Morgan fingerprint density at radius 3 is 2.45 bits per heavy atom. The highest BCUT2D eigenvalue weighted by atomic mass is 32.2. The molecule has 3 heteroatoms. The fourth-order valence-electron chi connectivity index (χ4n) is 0.573. The molecule has 0 aliphatic rings. The molecule has 68 valence electrons. The van der Waals surface area contributed by atoms with Crippen LogP contribution in [-0.4, -0.2) is 28.8 Å². The zero-order chi connectivity index (χ0) is 8.91. The van der Waals surface area contributed by atoms with E-state index in [2.05, 4.69) is 13.8 Å². The Morgan fingerprint density at radius 1 is 1.55 bits per heavy atom. The van der Waals surface area contributed by atoms with E-state index in [-0.39, 0.29) is 6.61 Å². The highest BCUT2D eigenvalue weighted by Gasteiger charge is 2.16. The van der Waals surface area contributed by atoms with Gasteiger partial charge in [-0.15, -0.1) is 0 Å². The predicted octanol–water partition coefficient (Wildman–Crippen LogP) is 1.09. The number of thioether (sulfide) groups is 1. The number of aliphatic hydroxyl groups is 1. The van der Waals surface area contributed by atoms with Gasteiger partial charge in [0.2, 0.25) is 0 Å². The van der Waals surface area contributed by atoms with E-state index in [1.54, 1.807) is 0 Å². The van der Waals surface area contributed by atoms with Gasteiger partial charge in [0, 0.05) is 11.3 Å². The smallest absolute Gasteiger partial charge is 0.0616 e. The van der Waals surface area contributed by atoms with Crippen LogP contribution in [0, 0.1) is 5.92 Å². The minimum Gasteiger partial charge on any atom is -0.394 e. The van der Waals surface area contributed by atoms with Crippen molar-refractivity contribution in [2.75, 3.05) is 18.1 Å². The van der Waals surface area contributed by atoms with Crippen LogP contribution in [0.3, 0.4) is 0 Å². The molecule has 0 aliphatic heterocycles. The van der Waals surface area contributed by atoms with Gasteiger partial charge < -0.3 is 10.8 Å². The number of rotatable bonds is 5.